The number of nitrogens with one attached hydrogen (secondary N) is 1. The molecule has 1 aliphatic heterocycles. The van der Waals surface area contributed by atoms with E-state index in [0.29, 0.717) is 5.56 Å². The van der Waals surface area contributed by atoms with Crippen molar-refractivity contribution in [1.29, 1.82) is 0 Å². The molecular formula is C13H20N4O2. The number of nitrogens with zero attached hydrogens (tertiary/aromatic N) is 3. The summed E-state index contributed by atoms with van der Waals surface area (Å²) >= 11 is 0. The van der Waals surface area contributed by atoms with E-state index in [1.54, 1.807) is 13.0 Å². The molecule has 0 spiro atoms. The van der Waals surface area contributed by atoms with E-state index in [2.05, 4.69) is 22.1 Å². The molecule has 104 valence electrons. The number of anilines is 1. The Hall–Kier alpha value is -1.69. The van der Waals surface area contributed by atoms with Gasteiger partial charge in [-0.05, 0) is 39.8 Å². The van der Waals surface area contributed by atoms with Crippen LogP contribution in [0.25, 0.3) is 0 Å². The number of rotatable bonds is 3. The van der Waals surface area contributed by atoms with Crippen LogP contribution in [-0.4, -0.2) is 35.6 Å². The van der Waals surface area contributed by atoms with E-state index in [-0.39, 0.29) is 16.1 Å². The molecule has 2 rings (SSSR count). The van der Waals surface area contributed by atoms with Crippen molar-refractivity contribution in [2.24, 2.45) is 0 Å². The van der Waals surface area contributed by atoms with Gasteiger partial charge in [-0.2, -0.15) is 0 Å². The molecule has 0 saturated carbocycles. The molecule has 0 atom stereocenters. The van der Waals surface area contributed by atoms with Crippen LogP contribution in [0.15, 0.2) is 12.3 Å². The number of aryl methyl sites for hydroxylation is 1. The monoisotopic (exact) mass is 264 g/mol. The van der Waals surface area contributed by atoms with Gasteiger partial charge in [0.05, 0.1) is 4.92 Å². The fourth-order valence-corrected chi connectivity index (χ4v) is 2.38. The van der Waals surface area contributed by atoms with Crippen molar-refractivity contribution in [3.05, 3.63) is 27.9 Å². The highest BCUT2D eigenvalue weighted by Crippen LogP contribution is 2.27. The first-order valence-electron chi connectivity index (χ1n) is 6.50. The van der Waals surface area contributed by atoms with Gasteiger partial charge in [0.2, 0.25) is 0 Å². The van der Waals surface area contributed by atoms with Crippen LogP contribution in [0.2, 0.25) is 0 Å². The van der Waals surface area contributed by atoms with Crippen molar-refractivity contribution in [3.63, 3.8) is 0 Å². The molecule has 6 nitrogen and oxygen atoms in total. The molecule has 0 bridgehead atoms. The first-order valence-corrected chi connectivity index (χ1v) is 6.50. The third-order valence-electron chi connectivity index (χ3n) is 4.06. The van der Waals surface area contributed by atoms with Gasteiger partial charge >= 0.3 is 0 Å². The lowest BCUT2D eigenvalue weighted by Gasteiger charge is -2.39. The van der Waals surface area contributed by atoms with Gasteiger partial charge in [-0.25, -0.2) is 4.98 Å². The van der Waals surface area contributed by atoms with Crippen molar-refractivity contribution in [1.82, 2.24) is 10.3 Å². The molecule has 0 aromatic carbocycles. The second-order valence-electron chi connectivity index (χ2n) is 5.38. The minimum atomic E-state index is -0.389. The average molecular weight is 264 g/mol. The van der Waals surface area contributed by atoms with Crippen molar-refractivity contribution >= 4 is 11.5 Å². The molecule has 19 heavy (non-hydrogen) atoms. The molecule has 0 aliphatic carbocycles. The Balaban J connectivity index is 2.12. The molecule has 1 aromatic rings. The number of nitro groups is 1. The Morgan fingerprint density at radius 3 is 2.58 bits per heavy atom. The van der Waals surface area contributed by atoms with Crippen molar-refractivity contribution in [2.75, 3.05) is 25.0 Å². The molecule has 1 N–H and O–H groups in total. The van der Waals surface area contributed by atoms with Crippen LogP contribution in [0.4, 0.5) is 11.5 Å². The normalized spacial score (nSPS) is 18.4. The summed E-state index contributed by atoms with van der Waals surface area (Å²) in [7, 11) is 1.99. The van der Waals surface area contributed by atoms with Crippen LogP contribution in [0.1, 0.15) is 25.3 Å². The lowest BCUT2D eigenvalue weighted by atomic mass is 9.90. The molecule has 1 fully saturated rings. The Bertz CT molecular complexity index is 482. The van der Waals surface area contributed by atoms with Crippen LogP contribution < -0.4 is 10.2 Å². The van der Waals surface area contributed by atoms with Crippen molar-refractivity contribution < 1.29 is 4.92 Å². The molecule has 0 unspecified atom stereocenters. The molecule has 1 saturated heterocycles. The molecule has 0 amide bonds. The number of piperidine rings is 1. The third-order valence-corrected chi connectivity index (χ3v) is 4.06. The van der Waals surface area contributed by atoms with Crippen molar-refractivity contribution in [2.45, 2.75) is 32.2 Å². The summed E-state index contributed by atoms with van der Waals surface area (Å²) in [5.74, 6) is 0.834. The van der Waals surface area contributed by atoms with Crippen LogP contribution in [0, 0.1) is 17.0 Å². The van der Waals surface area contributed by atoms with Gasteiger partial charge in [-0.1, -0.05) is 0 Å². The quantitative estimate of drug-likeness (QED) is 0.666. The van der Waals surface area contributed by atoms with Gasteiger partial charge in [0.25, 0.3) is 5.69 Å². The molecule has 1 aliphatic rings. The zero-order valence-electron chi connectivity index (χ0n) is 11.6. The lowest BCUT2D eigenvalue weighted by Crippen LogP contribution is -2.50. The fourth-order valence-electron chi connectivity index (χ4n) is 2.38. The predicted molar refractivity (Wildman–Crippen MR) is 74.5 cm³/mol. The van der Waals surface area contributed by atoms with E-state index in [1.165, 1.54) is 6.20 Å². The Kier molecular flexibility index (Phi) is 3.71. The minimum absolute atomic E-state index is 0.0841. The Morgan fingerprint density at radius 2 is 2.11 bits per heavy atom. The maximum atomic E-state index is 10.8. The van der Waals surface area contributed by atoms with Gasteiger partial charge in [-0.15, -0.1) is 0 Å². The van der Waals surface area contributed by atoms with E-state index in [0.717, 1.165) is 31.7 Å². The maximum absolute atomic E-state index is 10.8. The second-order valence-corrected chi connectivity index (χ2v) is 5.38. The Labute approximate surface area is 113 Å². The van der Waals surface area contributed by atoms with Gasteiger partial charge < -0.3 is 10.2 Å². The van der Waals surface area contributed by atoms with Crippen LogP contribution in [-0.2, 0) is 0 Å². The zero-order chi connectivity index (χ0) is 14.0. The van der Waals surface area contributed by atoms with Crippen LogP contribution in [0.3, 0.4) is 0 Å². The van der Waals surface area contributed by atoms with Crippen LogP contribution >= 0.6 is 0 Å². The summed E-state index contributed by atoms with van der Waals surface area (Å²) in [5.41, 5.74) is 0.935. The van der Waals surface area contributed by atoms with Gasteiger partial charge in [-0.3, -0.25) is 10.1 Å². The molecule has 2 heterocycles. The summed E-state index contributed by atoms with van der Waals surface area (Å²) in [6.07, 6.45) is 3.44. The van der Waals surface area contributed by atoms with Gasteiger partial charge in [0.15, 0.2) is 0 Å². The maximum Gasteiger partial charge on any atom is 0.290 e. The molecular weight excluding hydrogens is 244 g/mol. The lowest BCUT2D eigenvalue weighted by molar-refractivity contribution is -0.385. The molecule has 0 radical (unpaired) electrons. The smallest absolute Gasteiger partial charge is 0.290 e. The summed E-state index contributed by atoms with van der Waals surface area (Å²) < 4.78 is 0. The van der Waals surface area contributed by atoms with E-state index in [4.69, 9.17) is 0 Å². The summed E-state index contributed by atoms with van der Waals surface area (Å²) in [4.78, 5) is 16.8. The number of pyridine rings is 1. The topological polar surface area (TPSA) is 71.3 Å². The van der Waals surface area contributed by atoms with E-state index < -0.39 is 0 Å². The second kappa shape index (κ2) is 5.13. The van der Waals surface area contributed by atoms with E-state index in [9.17, 15) is 10.1 Å². The van der Waals surface area contributed by atoms with Gasteiger partial charge in [0.1, 0.15) is 12.0 Å². The number of hydrogen-bond donors (Lipinski definition) is 1. The average Bonchev–Trinajstić information content (AvgIpc) is 2.39. The van der Waals surface area contributed by atoms with Crippen molar-refractivity contribution in [3.8, 4) is 0 Å². The molecule has 1 aromatic heterocycles. The molecule has 6 heteroatoms. The number of aromatic nitrogens is 1. The highest BCUT2D eigenvalue weighted by atomic mass is 16.6. The summed E-state index contributed by atoms with van der Waals surface area (Å²) in [5, 5.41) is 14.1. The van der Waals surface area contributed by atoms with E-state index >= 15 is 0 Å². The highest BCUT2D eigenvalue weighted by Gasteiger charge is 2.29. The summed E-state index contributed by atoms with van der Waals surface area (Å²) in [6, 6.07) is 1.81. The fraction of sp³-hybridized carbons (Fsp3) is 0.615. The third kappa shape index (κ3) is 2.84. The SMILES string of the molecule is CNC1(C)CCN(c2cc(C)c([N+](=O)[O-])cn2)CC1. The van der Waals surface area contributed by atoms with Crippen LogP contribution in [0.5, 0.6) is 0 Å². The predicted octanol–water partition coefficient (Wildman–Crippen LogP) is 1.88. The minimum Gasteiger partial charge on any atom is -0.356 e. The highest BCUT2D eigenvalue weighted by molar-refractivity contribution is 5.49. The van der Waals surface area contributed by atoms with E-state index in [1.807, 2.05) is 7.05 Å². The largest absolute Gasteiger partial charge is 0.356 e. The first kappa shape index (κ1) is 13.7. The first-order chi connectivity index (χ1) is 8.95. The standard InChI is InChI=1S/C13H20N4O2/c1-10-8-12(15-9-11(10)17(18)19)16-6-4-13(2,14-3)5-7-16/h8-9,14H,4-7H2,1-3H3. The number of hydrogen-bond acceptors (Lipinski definition) is 5. The summed E-state index contributed by atoms with van der Waals surface area (Å²) in [6.45, 7) is 5.81. The Morgan fingerprint density at radius 1 is 1.47 bits per heavy atom. The van der Waals surface area contributed by atoms with Gasteiger partial charge in [0, 0.05) is 24.2 Å². The zero-order valence-corrected chi connectivity index (χ0v) is 11.6.